The van der Waals surface area contributed by atoms with Crippen molar-refractivity contribution in [3.8, 4) is 40.1 Å². The number of benzene rings is 5. The van der Waals surface area contributed by atoms with Crippen molar-refractivity contribution in [2.45, 2.75) is 0 Å². The predicted molar refractivity (Wildman–Crippen MR) is 136 cm³/mol. The fraction of sp³-hybridized carbons (Fsp3) is 0. The second-order valence-corrected chi connectivity index (χ2v) is 8.09. The van der Waals surface area contributed by atoms with Crippen LogP contribution >= 0.6 is 0 Å². The minimum atomic E-state index is -0.360. The Labute approximate surface area is 199 Å². The molecule has 6 nitrogen and oxygen atoms in total. The molecule has 1 heterocycles. The van der Waals surface area contributed by atoms with E-state index in [2.05, 4.69) is 60.7 Å². The van der Waals surface area contributed by atoms with E-state index in [1.165, 1.54) is 51.9 Å². The van der Waals surface area contributed by atoms with Crippen LogP contribution in [0.25, 0.3) is 43.8 Å². The van der Waals surface area contributed by atoms with Gasteiger partial charge in [-0.1, -0.05) is 48.5 Å². The summed E-state index contributed by atoms with van der Waals surface area (Å²) in [5, 5.41) is 53.5. The highest BCUT2D eigenvalue weighted by Gasteiger charge is 2.24. The van der Waals surface area contributed by atoms with Gasteiger partial charge >= 0.3 is 11.3 Å². The molecule has 6 aromatic rings. The molecule has 35 heavy (non-hydrogen) atoms. The second-order valence-electron chi connectivity index (χ2n) is 8.09. The maximum absolute atomic E-state index is 10.0. The van der Waals surface area contributed by atoms with Crippen LogP contribution in [0, 0.1) is 0 Å². The Bertz CT molecular complexity index is 1600. The van der Waals surface area contributed by atoms with Gasteiger partial charge in [0.15, 0.2) is 11.5 Å². The summed E-state index contributed by atoms with van der Waals surface area (Å²) in [6, 6.07) is 29.0. The van der Waals surface area contributed by atoms with Gasteiger partial charge in [-0.3, -0.25) is 0 Å². The number of phenols is 4. The summed E-state index contributed by atoms with van der Waals surface area (Å²) >= 11 is 0. The van der Waals surface area contributed by atoms with Gasteiger partial charge in [-0.25, -0.2) is 4.42 Å². The average molecular weight is 465 g/mol. The Hall–Kier alpha value is -4.97. The Kier molecular flexibility index (Phi) is 5.47. The first-order valence-corrected chi connectivity index (χ1v) is 10.8. The standard InChI is InChI=1S/C15H10O6.C14H10/c16-8-4-11(18)9-6-13(20)15(21-14(9)5-8)7-1-2-10(17)12(19)3-7;1-2-6-12-10-14-8-4-3-7-13(14)9-11(12)5-1/h1-6H,(H4-,16,17,18,19,20);1-10H/p+1. The first-order chi connectivity index (χ1) is 16.9. The van der Waals surface area contributed by atoms with Crippen molar-refractivity contribution in [3.63, 3.8) is 0 Å². The molecule has 0 unspecified atom stereocenters. The summed E-state index contributed by atoms with van der Waals surface area (Å²) < 4.78 is 5.47. The van der Waals surface area contributed by atoms with Crippen molar-refractivity contribution < 1.29 is 29.9 Å². The molecule has 6 heteroatoms. The highest BCUT2D eigenvalue weighted by Crippen LogP contribution is 2.40. The van der Waals surface area contributed by atoms with Crippen LogP contribution in [0.2, 0.25) is 0 Å². The Morgan fingerprint density at radius 2 is 1.03 bits per heavy atom. The van der Waals surface area contributed by atoms with Crippen LogP contribution in [0.5, 0.6) is 28.7 Å². The van der Waals surface area contributed by atoms with Gasteiger partial charge in [0.25, 0.3) is 0 Å². The monoisotopic (exact) mass is 465 g/mol. The van der Waals surface area contributed by atoms with Crippen molar-refractivity contribution in [3.05, 3.63) is 97.1 Å². The third-order valence-electron chi connectivity index (χ3n) is 5.68. The third kappa shape index (κ3) is 4.32. The molecule has 0 radical (unpaired) electrons. The lowest BCUT2D eigenvalue weighted by Gasteiger charge is -2.01. The number of hydrogen-bond donors (Lipinski definition) is 5. The summed E-state index contributed by atoms with van der Waals surface area (Å²) in [6.07, 6.45) is 0. The van der Waals surface area contributed by atoms with E-state index in [9.17, 15) is 25.5 Å². The topological polar surface area (TPSA) is 112 Å². The van der Waals surface area contributed by atoms with Crippen LogP contribution in [-0.2, 0) is 0 Å². The van der Waals surface area contributed by atoms with Crippen LogP contribution < -0.4 is 0 Å². The molecular weight excluding hydrogens is 444 g/mol. The first kappa shape index (κ1) is 21.9. The zero-order valence-corrected chi connectivity index (χ0v) is 18.4. The summed E-state index contributed by atoms with van der Waals surface area (Å²) in [5.74, 6) is -1.30. The SMILES string of the molecule is Oc1cc(O)c2cc(O)c(-c3ccc(O)c(O)c3)[o+]c2c1.c1ccc2cc3ccccc3cc2c1. The van der Waals surface area contributed by atoms with Crippen LogP contribution in [0.1, 0.15) is 0 Å². The molecule has 0 atom stereocenters. The lowest BCUT2D eigenvalue weighted by Crippen LogP contribution is -1.83. The van der Waals surface area contributed by atoms with Gasteiger partial charge in [-0.2, -0.15) is 0 Å². The highest BCUT2D eigenvalue weighted by molar-refractivity contribution is 5.98. The van der Waals surface area contributed by atoms with Crippen molar-refractivity contribution in [1.29, 1.82) is 0 Å². The van der Waals surface area contributed by atoms with Crippen molar-refractivity contribution in [1.82, 2.24) is 0 Å². The fourth-order valence-electron chi connectivity index (χ4n) is 3.95. The molecule has 5 aromatic carbocycles. The molecule has 0 saturated heterocycles. The zero-order valence-electron chi connectivity index (χ0n) is 18.4. The van der Waals surface area contributed by atoms with Crippen molar-refractivity contribution in [2.75, 3.05) is 0 Å². The molecule has 0 fully saturated rings. The van der Waals surface area contributed by atoms with Crippen LogP contribution in [0.4, 0.5) is 0 Å². The lowest BCUT2D eigenvalue weighted by atomic mass is 10.0. The molecule has 0 saturated carbocycles. The summed E-state index contributed by atoms with van der Waals surface area (Å²) in [4.78, 5) is 0. The minimum absolute atomic E-state index is 0.0304. The third-order valence-corrected chi connectivity index (χ3v) is 5.68. The number of aromatic hydroxyl groups is 5. The molecule has 0 aliphatic rings. The Morgan fingerprint density at radius 1 is 0.457 bits per heavy atom. The van der Waals surface area contributed by atoms with Crippen LogP contribution in [0.15, 0.2) is 101 Å². The molecule has 6 rings (SSSR count). The molecule has 0 amide bonds. The molecule has 0 spiro atoms. The maximum Gasteiger partial charge on any atom is 0.402 e. The molecule has 1 aromatic heterocycles. The molecule has 0 aliphatic heterocycles. The van der Waals surface area contributed by atoms with E-state index in [-0.39, 0.29) is 45.5 Å². The van der Waals surface area contributed by atoms with Gasteiger partial charge in [0.05, 0.1) is 11.6 Å². The van der Waals surface area contributed by atoms with E-state index in [4.69, 9.17) is 4.42 Å². The van der Waals surface area contributed by atoms with Gasteiger partial charge in [0.1, 0.15) is 16.9 Å². The van der Waals surface area contributed by atoms with Gasteiger partial charge in [0.2, 0.25) is 5.75 Å². The lowest BCUT2D eigenvalue weighted by molar-refractivity contribution is 0.403. The van der Waals surface area contributed by atoms with E-state index < -0.39 is 0 Å². The summed E-state index contributed by atoms with van der Waals surface area (Å²) in [7, 11) is 0. The number of rotatable bonds is 1. The molecular formula is C29H21O6+. The van der Waals surface area contributed by atoms with E-state index in [0.29, 0.717) is 5.56 Å². The van der Waals surface area contributed by atoms with Crippen LogP contribution in [-0.4, -0.2) is 25.5 Å². The quantitative estimate of drug-likeness (QED) is 0.103. The molecule has 5 N–H and O–H groups in total. The summed E-state index contributed by atoms with van der Waals surface area (Å²) in [6.45, 7) is 0. The first-order valence-electron chi connectivity index (χ1n) is 10.8. The highest BCUT2D eigenvalue weighted by atomic mass is 16.4. The van der Waals surface area contributed by atoms with E-state index >= 15 is 0 Å². The predicted octanol–water partition coefficient (Wildman–Crippen LogP) is 6.90. The van der Waals surface area contributed by atoms with Gasteiger partial charge < -0.3 is 25.5 Å². The fourth-order valence-corrected chi connectivity index (χ4v) is 3.95. The van der Waals surface area contributed by atoms with Gasteiger partial charge in [0, 0.05) is 18.2 Å². The van der Waals surface area contributed by atoms with Crippen LogP contribution in [0.3, 0.4) is 0 Å². The van der Waals surface area contributed by atoms with Gasteiger partial charge in [-0.05, 0) is 45.8 Å². The maximum atomic E-state index is 10.0. The number of fused-ring (bicyclic) bond motifs is 3. The van der Waals surface area contributed by atoms with E-state index in [0.717, 1.165) is 6.07 Å². The van der Waals surface area contributed by atoms with Gasteiger partial charge in [-0.15, -0.1) is 0 Å². The van der Waals surface area contributed by atoms with Crippen molar-refractivity contribution >= 4 is 32.5 Å². The van der Waals surface area contributed by atoms with E-state index in [1.807, 2.05) is 0 Å². The summed E-state index contributed by atoms with van der Waals surface area (Å²) in [5.41, 5.74) is 0.486. The zero-order chi connectivity index (χ0) is 24.5. The molecule has 0 bridgehead atoms. The Morgan fingerprint density at radius 3 is 1.57 bits per heavy atom. The average Bonchev–Trinajstić information content (AvgIpc) is 2.85. The Balaban J connectivity index is 0.000000156. The second kappa shape index (κ2) is 8.76. The van der Waals surface area contributed by atoms with Crippen molar-refractivity contribution in [2.24, 2.45) is 0 Å². The largest absolute Gasteiger partial charge is 0.507 e. The molecule has 0 aliphatic carbocycles. The smallest absolute Gasteiger partial charge is 0.402 e. The molecule has 172 valence electrons. The minimum Gasteiger partial charge on any atom is -0.507 e. The number of hydrogen-bond acceptors (Lipinski definition) is 5. The normalized spacial score (nSPS) is 10.9. The number of phenolic OH excluding ortho intramolecular Hbond substituents is 4. The van der Waals surface area contributed by atoms with E-state index in [1.54, 1.807) is 0 Å².